The largest absolute Gasteiger partial charge is 0.457 e. The molecule has 0 amide bonds. The van der Waals surface area contributed by atoms with Gasteiger partial charge in [-0.1, -0.05) is 13.8 Å². The molecule has 1 rings (SSSR count). The van der Waals surface area contributed by atoms with Crippen LogP contribution >= 0.6 is 0 Å². The van der Waals surface area contributed by atoms with Crippen LogP contribution in [0.5, 0.6) is 0 Å². The second-order valence-corrected chi connectivity index (χ2v) is 3.29. The number of alkyl halides is 2. The molecule has 0 spiro atoms. The number of hydrogen-bond acceptors (Lipinski definition) is 2. The molecule has 1 aliphatic rings. The van der Waals surface area contributed by atoms with E-state index in [0.29, 0.717) is 0 Å². The summed E-state index contributed by atoms with van der Waals surface area (Å²) in [6.45, 7) is 3.80. The zero-order valence-electron chi connectivity index (χ0n) is 6.36. The standard InChI is InChI=1S/C7H9F2O2/c1-6(2)5(3-11-4-10)7(6,8)9/h5H,3H2,1-2H3. The highest BCUT2D eigenvalue weighted by Gasteiger charge is 2.75. The van der Waals surface area contributed by atoms with Gasteiger partial charge in [-0.15, -0.1) is 0 Å². The Balaban J connectivity index is 2.46. The molecule has 1 fully saturated rings. The topological polar surface area (TPSA) is 26.3 Å². The molecule has 1 unspecified atom stereocenters. The van der Waals surface area contributed by atoms with E-state index < -0.39 is 17.3 Å². The van der Waals surface area contributed by atoms with Crippen molar-refractivity contribution in [3.8, 4) is 0 Å². The summed E-state index contributed by atoms with van der Waals surface area (Å²) in [5.74, 6) is -3.53. The van der Waals surface area contributed by atoms with Crippen molar-refractivity contribution in [2.45, 2.75) is 19.8 Å². The SMILES string of the molecule is CC1(C)C(CO[C]=O)C1(F)F. The minimum atomic E-state index is -2.69. The van der Waals surface area contributed by atoms with Crippen molar-refractivity contribution in [1.82, 2.24) is 0 Å². The van der Waals surface area contributed by atoms with Crippen LogP contribution in [0.3, 0.4) is 0 Å². The highest BCUT2D eigenvalue weighted by molar-refractivity contribution is 5.38. The number of halogens is 2. The number of ether oxygens (including phenoxy) is 1. The summed E-state index contributed by atoms with van der Waals surface area (Å²) in [4.78, 5) is 9.57. The average molecular weight is 163 g/mol. The molecule has 63 valence electrons. The number of rotatable bonds is 3. The lowest BCUT2D eigenvalue weighted by Crippen LogP contribution is -2.01. The Kier molecular flexibility index (Phi) is 1.65. The summed E-state index contributed by atoms with van der Waals surface area (Å²) in [6, 6.07) is 0. The molecule has 0 saturated heterocycles. The van der Waals surface area contributed by atoms with E-state index in [9.17, 15) is 13.6 Å². The zero-order chi connectivity index (χ0) is 8.70. The summed E-state index contributed by atoms with van der Waals surface area (Å²) in [6.07, 6.45) is 0. The fraction of sp³-hybridized carbons (Fsp3) is 0.857. The van der Waals surface area contributed by atoms with Crippen molar-refractivity contribution in [2.24, 2.45) is 11.3 Å². The molecule has 0 aromatic heterocycles. The van der Waals surface area contributed by atoms with Gasteiger partial charge in [0.25, 0.3) is 5.92 Å². The average Bonchev–Trinajstić information content (AvgIpc) is 2.23. The molecular weight excluding hydrogens is 154 g/mol. The van der Waals surface area contributed by atoms with Crippen LogP contribution in [0.15, 0.2) is 0 Å². The van der Waals surface area contributed by atoms with Crippen molar-refractivity contribution in [1.29, 1.82) is 0 Å². The second kappa shape index (κ2) is 2.16. The Morgan fingerprint density at radius 2 is 2.00 bits per heavy atom. The predicted molar refractivity (Wildman–Crippen MR) is 33.9 cm³/mol. The third kappa shape index (κ3) is 1.01. The maximum Gasteiger partial charge on any atom is 0.417 e. The Labute approximate surface area is 63.5 Å². The Bertz CT molecular complexity index is 163. The van der Waals surface area contributed by atoms with Gasteiger partial charge in [-0.3, -0.25) is 0 Å². The summed E-state index contributed by atoms with van der Waals surface area (Å²) in [5.41, 5.74) is -1.02. The molecule has 1 atom stereocenters. The third-order valence-corrected chi connectivity index (χ3v) is 2.39. The smallest absolute Gasteiger partial charge is 0.417 e. The first kappa shape index (κ1) is 8.43. The first-order valence-electron chi connectivity index (χ1n) is 3.31. The fourth-order valence-corrected chi connectivity index (χ4v) is 1.19. The molecule has 0 N–H and O–H groups in total. The van der Waals surface area contributed by atoms with Gasteiger partial charge in [0.15, 0.2) is 0 Å². The molecule has 0 bridgehead atoms. The molecule has 11 heavy (non-hydrogen) atoms. The van der Waals surface area contributed by atoms with Crippen LogP contribution in [0.2, 0.25) is 0 Å². The highest BCUT2D eigenvalue weighted by Crippen LogP contribution is 2.65. The molecule has 0 heterocycles. The minimum Gasteiger partial charge on any atom is -0.457 e. The van der Waals surface area contributed by atoms with Crippen LogP contribution < -0.4 is 0 Å². The van der Waals surface area contributed by atoms with Crippen molar-refractivity contribution in [2.75, 3.05) is 6.61 Å². The van der Waals surface area contributed by atoms with Gasteiger partial charge in [0.05, 0.1) is 5.92 Å². The Morgan fingerprint density at radius 3 is 2.27 bits per heavy atom. The van der Waals surface area contributed by atoms with Crippen molar-refractivity contribution < 1.29 is 18.3 Å². The second-order valence-electron chi connectivity index (χ2n) is 3.29. The molecule has 2 nitrogen and oxygen atoms in total. The third-order valence-electron chi connectivity index (χ3n) is 2.39. The lowest BCUT2D eigenvalue weighted by atomic mass is 10.1. The fourth-order valence-electron chi connectivity index (χ4n) is 1.19. The molecule has 0 aromatic carbocycles. The normalized spacial score (nSPS) is 31.1. The Morgan fingerprint density at radius 1 is 1.55 bits per heavy atom. The van der Waals surface area contributed by atoms with E-state index in [0.717, 1.165) is 6.47 Å². The maximum absolute atomic E-state index is 12.7. The van der Waals surface area contributed by atoms with Crippen LogP contribution in [0.4, 0.5) is 8.78 Å². The van der Waals surface area contributed by atoms with Gasteiger partial charge in [0.1, 0.15) is 6.61 Å². The molecule has 4 heteroatoms. The summed E-state index contributed by atoms with van der Waals surface area (Å²) >= 11 is 0. The van der Waals surface area contributed by atoms with Crippen LogP contribution in [0, 0.1) is 11.3 Å². The van der Waals surface area contributed by atoms with E-state index in [2.05, 4.69) is 4.74 Å². The van der Waals surface area contributed by atoms with Crippen LogP contribution in [0.25, 0.3) is 0 Å². The summed E-state index contributed by atoms with van der Waals surface area (Å²) in [7, 11) is 0. The first-order valence-corrected chi connectivity index (χ1v) is 3.31. The number of hydrogen-bond donors (Lipinski definition) is 0. The molecule has 1 saturated carbocycles. The van der Waals surface area contributed by atoms with Crippen molar-refractivity contribution >= 4 is 6.47 Å². The van der Waals surface area contributed by atoms with Crippen LogP contribution in [-0.4, -0.2) is 19.0 Å². The van der Waals surface area contributed by atoms with Crippen molar-refractivity contribution in [3.63, 3.8) is 0 Å². The van der Waals surface area contributed by atoms with Crippen LogP contribution in [0.1, 0.15) is 13.8 Å². The lowest BCUT2D eigenvalue weighted by molar-refractivity contribution is 0.0598. The van der Waals surface area contributed by atoms with E-state index in [1.807, 2.05) is 0 Å². The first-order chi connectivity index (χ1) is 4.94. The van der Waals surface area contributed by atoms with E-state index in [1.165, 1.54) is 13.8 Å². The van der Waals surface area contributed by atoms with E-state index in [1.54, 1.807) is 0 Å². The molecule has 0 aliphatic heterocycles. The summed E-state index contributed by atoms with van der Waals surface area (Å²) in [5, 5.41) is 0. The summed E-state index contributed by atoms with van der Waals surface area (Å²) < 4.78 is 29.5. The van der Waals surface area contributed by atoms with Gasteiger partial charge >= 0.3 is 6.47 Å². The van der Waals surface area contributed by atoms with Gasteiger partial charge in [-0.05, 0) is 0 Å². The van der Waals surface area contributed by atoms with E-state index in [4.69, 9.17) is 0 Å². The molecule has 0 aromatic rings. The minimum absolute atomic E-state index is 0.233. The van der Waals surface area contributed by atoms with E-state index >= 15 is 0 Å². The van der Waals surface area contributed by atoms with Gasteiger partial charge in [-0.2, -0.15) is 0 Å². The van der Waals surface area contributed by atoms with Gasteiger partial charge < -0.3 is 4.74 Å². The van der Waals surface area contributed by atoms with Crippen LogP contribution in [-0.2, 0) is 9.53 Å². The monoisotopic (exact) mass is 163 g/mol. The Hall–Kier alpha value is -0.670. The zero-order valence-corrected chi connectivity index (χ0v) is 6.36. The van der Waals surface area contributed by atoms with Gasteiger partial charge in [0.2, 0.25) is 0 Å². The number of carbonyl (C=O) groups excluding carboxylic acids is 1. The lowest BCUT2D eigenvalue weighted by Gasteiger charge is -1.96. The van der Waals surface area contributed by atoms with Gasteiger partial charge in [-0.25, -0.2) is 13.6 Å². The van der Waals surface area contributed by atoms with E-state index in [-0.39, 0.29) is 6.61 Å². The molecule has 1 radical (unpaired) electrons. The quantitative estimate of drug-likeness (QED) is 0.628. The highest BCUT2D eigenvalue weighted by atomic mass is 19.3. The van der Waals surface area contributed by atoms with Crippen molar-refractivity contribution in [3.05, 3.63) is 0 Å². The van der Waals surface area contributed by atoms with Gasteiger partial charge in [0, 0.05) is 5.41 Å². The predicted octanol–water partition coefficient (Wildman–Crippen LogP) is 1.36. The molecular formula is C7H9F2O2. The molecule has 1 aliphatic carbocycles. The maximum atomic E-state index is 12.7.